The SMILES string of the molecule is CCCCCCCCCc1cnc(-c2ccc(CCC3CCC(CCC)CC3)cc2C)nc1. The van der Waals surface area contributed by atoms with Crippen LogP contribution in [0.3, 0.4) is 0 Å². The number of unbranched alkanes of at least 4 members (excludes halogenated alkanes) is 6. The van der Waals surface area contributed by atoms with E-state index in [1.807, 2.05) is 12.4 Å². The van der Waals surface area contributed by atoms with Crippen LogP contribution in [0.1, 0.15) is 120 Å². The van der Waals surface area contributed by atoms with Crippen LogP contribution in [0.4, 0.5) is 0 Å². The average Bonchev–Trinajstić information content (AvgIpc) is 2.84. The van der Waals surface area contributed by atoms with E-state index in [4.69, 9.17) is 9.97 Å². The van der Waals surface area contributed by atoms with Gasteiger partial charge in [0, 0.05) is 18.0 Å². The summed E-state index contributed by atoms with van der Waals surface area (Å²) in [7, 11) is 0. The van der Waals surface area contributed by atoms with Crippen molar-refractivity contribution >= 4 is 0 Å². The van der Waals surface area contributed by atoms with Crippen molar-refractivity contribution in [2.45, 2.75) is 124 Å². The first-order valence-electron chi connectivity index (χ1n) is 14.1. The van der Waals surface area contributed by atoms with Gasteiger partial charge in [0.1, 0.15) is 0 Å². The minimum absolute atomic E-state index is 0.872. The Morgan fingerprint density at radius 2 is 1.33 bits per heavy atom. The van der Waals surface area contributed by atoms with Crippen LogP contribution < -0.4 is 0 Å². The lowest BCUT2D eigenvalue weighted by Crippen LogP contribution is -2.15. The second-order valence-corrected chi connectivity index (χ2v) is 10.6. The maximum absolute atomic E-state index is 4.71. The molecule has 1 aliphatic carbocycles. The van der Waals surface area contributed by atoms with Gasteiger partial charge in [-0.05, 0) is 61.1 Å². The predicted molar refractivity (Wildman–Crippen MR) is 143 cm³/mol. The van der Waals surface area contributed by atoms with Crippen LogP contribution in [0, 0.1) is 18.8 Å². The molecule has 0 amide bonds. The van der Waals surface area contributed by atoms with Gasteiger partial charge in [0.2, 0.25) is 0 Å². The van der Waals surface area contributed by atoms with Gasteiger partial charge >= 0.3 is 0 Å². The number of aromatic nitrogens is 2. The van der Waals surface area contributed by atoms with Crippen LogP contribution in [-0.2, 0) is 12.8 Å². The molecular formula is C31H48N2. The van der Waals surface area contributed by atoms with Crippen molar-refractivity contribution < 1.29 is 0 Å². The van der Waals surface area contributed by atoms with Gasteiger partial charge in [-0.3, -0.25) is 0 Å². The number of aryl methyl sites for hydroxylation is 3. The molecule has 0 spiro atoms. The van der Waals surface area contributed by atoms with E-state index in [1.54, 1.807) is 0 Å². The van der Waals surface area contributed by atoms with E-state index in [0.717, 1.165) is 24.1 Å². The molecule has 182 valence electrons. The highest BCUT2D eigenvalue weighted by atomic mass is 14.9. The summed E-state index contributed by atoms with van der Waals surface area (Å²) in [5, 5.41) is 0. The van der Waals surface area contributed by atoms with Crippen molar-refractivity contribution in [2.24, 2.45) is 11.8 Å². The molecule has 1 saturated carbocycles. The van der Waals surface area contributed by atoms with Crippen LogP contribution in [0.2, 0.25) is 0 Å². The average molecular weight is 449 g/mol. The lowest BCUT2D eigenvalue weighted by atomic mass is 9.78. The summed E-state index contributed by atoms with van der Waals surface area (Å²) in [6.45, 7) is 6.82. The Kier molecular flexibility index (Phi) is 11.4. The fourth-order valence-electron chi connectivity index (χ4n) is 5.63. The Morgan fingerprint density at radius 1 is 0.697 bits per heavy atom. The highest BCUT2D eigenvalue weighted by Gasteiger charge is 2.20. The summed E-state index contributed by atoms with van der Waals surface area (Å²) in [6, 6.07) is 6.92. The molecule has 2 aromatic rings. The monoisotopic (exact) mass is 448 g/mol. The van der Waals surface area contributed by atoms with Gasteiger partial charge in [-0.15, -0.1) is 0 Å². The van der Waals surface area contributed by atoms with Crippen molar-refractivity contribution in [1.29, 1.82) is 0 Å². The summed E-state index contributed by atoms with van der Waals surface area (Å²) in [4.78, 5) is 9.42. The van der Waals surface area contributed by atoms with Gasteiger partial charge in [0.05, 0.1) is 0 Å². The largest absolute Gasteiger partial charge is 0.236 e. The van der Waals surface area contributed by atoms with Gasteiger partial charge in [0.25, 0.3) is 0 Å². The summed E-state index contributed by atoms with van der Waals surface area (Å²) in [6.07, 6.45) is 25.8. The van der Waals surface area contributed by atoms with Crippen LogP contribution in [0.15, 0.2) is 30.6 Å². The molecule has 33 heavy (non-hydrogen) atoms. The molecule has 0 atom stereocenters. The minimum atomic E-state index is 0.872. The zero-order valence-corrected chi connectivity index (χ0v) is 21.7. The van der Waals surface area contributed by atoms with E-state index in [-0.39, 0.29) is 0 Å². The number of nitrogens with zero attached hydrogens (tertiary/aromatic N) is 2. The van der Waals surface area contributed by atoms with Crippen molar-refractivity contribution in [1.82, 2.24) is 9.97 Å². The molecule has 0 radical (unpaired) electrons. The van der Waals surface area contributed by atoms with Gasteiger partial charge in [-0.2, -0.15) is 0 Å². The Labute approximate surface area is 204 Å². The maximum Gasteiger partial charge on any atom is 0.159 e. The molecule has 0 bridgehead atoms. The summed E-state index contributed by atoms with van der Waals surface area (Å²) >= 11 is 0. The van der Waals surface area contributed by atoms with Gasteiger partial charge in [-0.1, -0.05) is 109 Å². The van der Waals surface area contributed by atoms with Crippen LogP contribution in [-0.4, -0.2) is 9.97 Å². The van der Waals surface area contributed by atoms with E-state index >= 15 is 0 Å². The van der Waals surface area contributed by atoms with Gasteiger partial charge < -0.3 is 0 Å². The molecule has 0 aliphatic heterocycles. The highest BCUT2D eigenvalue weighted by molar-refractivity contribution is 5.60. The smallest absolute Gasteiger partial charge is 0.159 e. The molecule has 1 aliphatic rings. The van der Waals surface area contributed by atoms with Crippen molar-refractivity contribution in [2.75, 3.05) is 0 Å². The standard InChI is InChI=1S/C31H48N2/c1-4-6-7-8-9-10-11-13-29-23-32-31(33-24-29)30-21-20-28(22-25(30)3)19-18-27-16-14-26(12-5-2)15-17-27/h20-24,26-27H,4-19H2,1-3H3. The Balaban J connectivity index is 1.42. The fraction of sp³-hybridized carbons (Fsp3) is 0.677. The van der Waals surface area contributed by atoms with Crippen LogP contribution >= 0.6 is 0 Å². The van der Waals surface area contributed by atoms with E-state index in [1.165, 1.54) is 119 Å². The zero-order valence-electron chi connectivity index (χ0n) is 21.7. The number of rotatable bonds is 14. The number of benzene rings is 1. The fourth-order valence-corrected chi connectivity index (χ4v) is 5.63. The molecule has 1 aromatic carbocycles. The molecule has 2 nitrogen and oxygen atoms in total. The first-order chi connectivity index (χ1) is 16.2. The Hall–Kier alpha value is -1.70. The van der Waals surface area contributed by atoms with Crippen LogP contribution in [0.5, 0.6) is 0 Å². The first kappa shape index (κ1) is 25.9. The summed E-state index contributed by atoms with van der Waals surface area (Å²) in [5.74, 6) is 2.82. The third-order valence-electron chi connectivity index (χ3n) is 7.81. The summed E-state index contributed by atoms with van der Waals surface area (Å²) < 4.78 is 0. The van der Waals surface area contributed by atoms with E-state index in [2.05, 4.69) is 39.0 Å². The third kappa shape index (κ3) is 8.87. The van der Waals surface area contributed by atoms with E-state index < -0.39 is 0 Å². The molecule has 1 aromatic heterocycles. The minimum Gasteiger partial charge on any atom is -0.236 e. The number of hydrogen-bond donors (Lipinski definition) is 0. The number of hydrogen-bond acceptors (Lipinski definition) is 2. The Bertz CT molecular complexity index is 787. The second kappa shape index (κ2) is 14.5. The highest BCUT2D eigenvalue weighted by Crippen LogP contribution is 2.34. The third-order valence-corrected chi connectivity index (χ3v) is 7.81. The molecule has 1 heterocycles. The van der Waals surface area contributed by atoms with Crippen molar-refractivity contribution in [3.63, 3.8) is 0 Å². The van der Waals surface area contributed by atoms with Crippen molar-refractivity contribution in [3.05, 3.63) is 47.3 Å². The van der Waals surface area contributed by atoms with E-state index in [0.29, 0.717) is 0 Å². The Morgan fingerprint density at radius 3 is 1.97 bits per heavy atom. The molecule has 3 rings (SSSR count). The topological polar surface area (TPSA) is 25.8 Å². The lowest BCUT2D eigenvalue weighted by molar-refractivity contribution is 0.252. The normalized spacial score (nSPS) is 18.5. The molecule has 1 fully saturated rings. The molecular weight excluding hydrogens is 400 g/mol. The molecule has 2 heteroatoms. The van der Waals surface area contributed by atoms with Crippen LogP contribution in [0.25, 0.3) is 11.4 Å². The zero-order chi connectivity index (χ0) is 23.3. The molecule has 0 saturated heterocycles. The second-order valence-electron chi connectivity index (χ2n) is 10.6. The maximum atomic E-state index is 4.71. The van der Waals surface area contributed by atoms with Crippen molar-refractivity contribution in [3.8, 4) is 11.4 Å². The predicted octanol–water partition coefficient (Wildman–Crippen LogP) is 9.28. The first-order valence-corrected chi connectivity index (χ1v) is 14.1. The van der Waals surface area contributed by atoms with E-state index in [9.17, 15) is 0 Å². The summed E-state index contributed by atoms with van der Waals surface area (Å²) in [5.41, 5.74) is 5.23. The quantitative estimate of drug-likeness (QED) is 0.269. The molecule has 0 N–H and O–H groups in total. The van der Waals surface area contributed by atoms with Gasteiger partial charge in [0.15, 0.2) is 5.82 Å². The van der Waals surface area contributed by atoms with Gasteiger partial charge in [-0.25, -0.2) is 9.97 Å². The lowest BCUT2D eigenvalue weighted by Gasteiger charge is -2.28. The molecule has 0 unspecified atom stereocenters.